The maximum absolute atomic E-state index is 12.9. The molecule has 0 saturated carbocycles. The number of ketones is 1. The van der Waals surface area contributed by atoms with Crippen molar-refractivity contribution in [1.29, 1.82) is 0 Å². The SMILES string of the molecule is O=C(O)C[C@H](CC(=O)c1ccc(F)cc1)c1ccccc1. The number of hydrogen-bond donors (Lipinski definition) is 1. The summed E-state index contributed by atoms with van der Waals surface area (Å²) in [6.07, 6.45) is -0.0289. The Labute approximate surface area is 122 Å². The van der Waals surface area contributed by atoms with E-state index >= 15 is 0 Å². The van der Waals surface area contributed by atoms with Crippen molar-refractivity contribution in [2.45, 2.75) is 18.8 Å². The second-order valence-corrected chi connectivity index (χ2v) is 4.84. The van der Waals surface area contributed by atoms with E-state index in [-0.39, 0.29) is 24.5 Å². The highest BCUT2D eigenvalue weighted by Gasteiger charge is 2.20. The molecule has 4 heteroatoms. The van der Waals surface area contributed by atoms with E-state index in [2.05, 4.69) is 0 Å². The molecular formula is C17H15FO3. The van der Waals surface area contributed by atoms with Crippen LogP contribution in [0.15, 0.2) is 54.6 Å². The number of carbonyl (C=O) groups excluding carboxylic acids is 1. The molecule has 2 rings (SSSR count). The lowest BCUT2D eigenvalue weighted by molar-refractivity contribution is -0.137. The molecule has 0 unspecified atom stereocenters. The highest BCUT2D eigenvalue weighted by atomic mass is 19.1. The van der Waals surface area contributed by atoms with E-state index in [1.165, 1.54) is 24.3 Å². The molecule has 1 atom stereocenters. The molecule has 3 nitrogen and oxygen atoms in total. The van der Waals surface area contributed by atoms with Crippen molar-refractivity contribution in [2.75, 3.05) is 0 Å². The molecule has 0 saturated heterocycles. The third kappa shape index (κ3) is 4.24. The van der Waals surface area contributed by atoms with Gasteiger partial charge in [0.2, 0.25) is 0 Å². The van der Waals surface area contributed by atoms with Gasteiger partial charge in [-0.25, -0.2) is 4.39 Å². The summed E-state index contributed by atoms with van der Waals surface area (Å²) in [5.41, 5.74) is 1.21. The zero-order valence-electron chi connectivity index (χ0n) is 11.3. The van der Waals surface area contributed by atoms with Crippen LogP contribution in [0, 0.1) is 5.82 Å². The molecule has 0 heterocycles. The van der Waals surface area contributed by atoms with E-state index in [0.717, 1.165) is 5.56 Å². The Hall–Kier alpha value is -2.49. The second kappa shape index (κ2) is 6.79. The van der Waals surface area contributed by atoms with Gasteiger partial charge in [-0.15, -0.1) is 0 Å². The quantitative estimate of drug-likeness (QED) is 0.824. The predicted octanol–water partition coefficient (Wildman–Crippen LogP) is 3.66. The Morgan fingerprint density at radius 3 is 2.14 bits per heavy atom. The van der Waals surface area contributed by atoms with Gasteiger partial charge in [0.1, 0.15) is 5.82 Å². The molecule has 0 aliphatic heterocycles. The van der Waals surface area contributed by atoms with E-state index < -0.39 is 11.8 Å². The fourth-order valence-corrected chi connectivity index (χ4v) is 2.22. The lowest BCUT2D eigenvalue weighted by atomic mass is 9.89. The molecule has 2 aromatic carbocycles. The summed E-state index contributed by atoms with van der Waals surface area (Å²) >= 11 is 0. The first-order valence-corrected chi connectivity index (χ1v) is 6.62. The molecule has 108 valence electrons. The molecule has 0 radical (unpaired) electrons. The highest BCUT2D eigenvalue weighted by molar-refractivity contribution is 5.96. The minimum absolute atomic E-state index is 0.0853. The third-order valence-corrected chi connectivity index (χ3v) is 3.29. The first kappa shape index (κ1) is 14.9. The molecule has 0 spiro atoms. The van der Waals surface area contributed by atoms with Gasteiger partial charge in [-0.2, -0.15) is 0 Å². The average molecular weight is 286 g/mol. The Bertz CT molecular complexity index is 620. The van der Waals surface area contributed by atoms with Crippen molar-refractivity contribution in [3.63, 3.8) is 0 Å². The average Bonchev–Trinajstić information content (AvgIpc) is 2.47. The van der Waals surface area contributed by atoms with E-state index in [0.29, 0.717) is 5.56 Å². The number of carboxylic acids is 1. The van der Waals surface area contributed by atoms with Crippen LogP contribution in [0.4, 0.5) is 4.39 Å². The van der Waals surface area contributed by atoms with E-state index in [4.69, 9.17) is 5.11 Å². The molecule has 0 amide bonds. The third-order valence-electron chi connectivity index (χ3n) is 3.29. The first-order chi connectivity index (χ1) is 10.1. The van der Waals surface area contributed by atoms with Gasteiger partial charge >= 0.3 is 5.97 Å². The van der Waals surface area contributed by atoms with Crippen molar-refractivity contribution in [2.24, 2.45) is 0 Å². The van der Waals surface area contributed by atoms with Crippen LogP contribution in [0.1, 0.15) is 34.7 Å². The molecular weight excluding hydrogens is 271 g/mol. The minimum atomic E-state index is -0.948. The Balaban J connectivity index is 2.17. The topological polar surface area (TPSA) is 54.4 Å². The van der Waals surface area contributed by atoms with Gasteiger partial charge in [0, 0.05) is 17.9 Å². The summed E-state index contributed by atoms with van der Waals surface area (Å²) in [5, 5.41) is 9.00. The van der Waals surface area contributed by atoms with Gasteiger partial charge in [0.25, 0.3) is 0 Å². The standard InChI is InChI=1S/C17H15FO3/c18-15-8-6-13(7-9-15)16(19)10-14(11-17(20)21)12-4-2-1-3-5-12/h1-9,14H,10-11H2,(H,20,21)/t14-/m0/s1. The number of halogens is 1. The maximum atomic E-state index is 12.9. The molecule has 0 fully saturated rings. The van der Waals surface area contributed by atoms with Gasteiger partial charge in [-0.05, 0) is 29.8 Å². The van der Waals surface area contributed by atoms with Gasteiger partial charge in [-0.3, -0.25) is 9.59 Å². The second-order valence-electron chi connectivity index (χ2n) is 4.84. The first-order valence-electron chi connectivity index (χ1n) is 6.62. The zero-order valence-corrected chi connectivity index (χ0v) is 11.3. The Morgan fingerprint density at radius 1 is 0.952 bits per heavy atom. The van der Waals surface area contributed by atoms with E-state index in [1.54, 1.807) is 0 Å². The lowest BCUT2D eigenvalue weighted by Crippen LogP contribution is -2.12. The van der Waals surface area contributed by atoms with Crippen LogP contribution in [-0.2, 0) is 4.79 Å². The van der Waals surface area contributed by atoms with Gasteiger partial charge in [0.15, 0.2) is 5.78 Å². The monoisotopic (exact) mass is 286 g/mol. The predicted molar refractivity (Wildman–Crippen MR) is 76.8 cm³/mol. The smallest absolute Gasteiger partial charge is 0.303 e. The van der Waals surface area contributed by atoms with Gasteiger partial charge < -0.3 is 5.11 Å². The van der Waals surface area contributed by atoms with E-state index in [1.807, 2.05) is 30.3 Å². The van der Waals surface area contributed by atoms with Crippen LogP contribution in [0.25, 0.3) is 0 Å². The van der Waals surface area contributed by atoms with Crippen LogP contribution in [0.5, 0.6) is 0 Å². The number of rotatable bonds is 6. The summed E-state index contributed by atoms with van der Waals surface area (Å²) in [5.74, 6) is -1.93. The fourth-order valence-electron chi connectivity index (χ4n) is 2.22. The number of carboxylic acid groups (broad SMARTS) is 1. The van der Waals surface area contributed by atoms with Crippen molar-refractivity contribution in [3.05, 3.63) is 71.5 Å². The van der Waals surface area contributed by atoms with Crippen LogP contribution >= 0.6 is 0 Å². The Morgan fingerprint density at radius 2 is 1.57 bits per heavy atom. The number of Topliss-reactive ketones (excluding diaryl/α,β-unsaturated/α-hetero) is 1. The van der Waals surface area contributed by atoms with Crippen LogP contribution in [-0.4, -0.2) is 16.9 Å². The molecule has 1 N–H and O–H groups in total. The summed E-state index contributed by atoms with van der Waals surface area (Å²) in [6, 6.07) is 14.4. The molecule has 0 aromatic heterocycles. The Kier molecular flexibility index (Phi) is 4.82. The van der Waals surface area contributed by atoms with Crippen molar-refractivity contribution < 1.29 is 19.1 Å². The molecule has 0 aliphatic rings. The van der Waals surface area contributed by atoms with Crippen molar-refractivity contribution in [1.82, 2.24) is 0 Å². The van der Waals surface area contributed by atoms with Crippen LogP contribution in [0.2, 0.25) is 0 Å². The summed E-state index contributed by atoms with van der Waals surface area (Å²) < 4.78 is 12.9. The van der Waals surface area contributed by atoms with Gasteiger partial charge in [0.05, 0.1) is 6.42 Å². The molecule has 0 aliphatic carbocycles. The zero-order chi connectivity index (χ0) is 15.2. The maximum Gasteiger partial charge on any atom is 0.303 e. The minimum Gasteiger partial charge on any atom is -0.481 e. The summed E-state index contributed by atoms with van der Waals surface area (Å²) in [4.78, 5) is 23.2. The van der Waals surface area contributed by atoms with E-state index in [9.17, 15) is 14.0 Å². The van der Waals surface area contributed by atoms with Gasteiger partial charge in [-0.1, -0.05) is 30.3 Å². The van der Waals surface area contributed by atoms with Crippen LogP contribution < -0.4 is 0 Å². The number of hydrogen-bond acceptors (Lipinski definition) is 2. The molecule has 0 bridgehead atoms. The van der Waals surface area contributed by atoms with Crippen molar-refractivity contribution in [3.8, 4) is 0 Å². The summed E-state index contributed by atoms with van der Waals surface area (Å²) in [7, 11) is 0. The number of aliphatic carboxylic acids is 1. The molecule has 2 aromatic rings. The highest BCUT2D eigenvalue weighted by Crippen LogP contribution is 2.25. The number of carbonyl (C=O) groups is 2. The molecule has 21 heavy (non-hydrogen) atoms. The normalized spacial score (nSPS) is 11.9. The summed E-state index contributed by atoms with van der Waals surface area (Å²) in [6.45, 7) is 0. The van der Waals surface area contributed by atoms with Crippen LogP contribution in [0.3, 0.4) is 0 Å². The fraction of sp³-hybridized carbons (Fsp3) is 0.176. The largest absolute Gasteiger partial charge is 0.481 e. The van der Waals surface area contributed by atoms with Crippen molar-refractivity contribution >= 4 is 11.8 Å². The lowest BCUT2D eigenvalue weighted by Gasteiger charge is -2.14. The number of benzene rings is 2.